The lowest BCUT2D eigenvalue weighted by molar-refractivity contribution is 0.0917. The Balaban J connectivity index is 2.42. The molecule has 0 bridgehead atoms. The highest BCUT2D eigenvalue weighted by Gasteiger charge is 2.44. The topological polar surface area (TPSA) is 61.8 Å². The summed E-state index contributed by atoms with van der Waals surface area (Å²) in [5.74, 6) is -0.782. The number of hydrogen-bond acceptors (Lipinski definition) is 5. The molecule has 2 rings (SSSR count). The van der Waals surface area contributed by atoms with E-state index in [1.165, 1.54) is 26.4 Å². The Kier molecular flexibility index (Phi) is 3.52. The molecule has 7 heteroatoms. The third-order valence-electron chi connectivity index (χ3n) is 2.80. The molecule has 1 aliphatic heterocycles. The van der Waals surface area contributed by atoms with Crippen molar-refractivity contribution in [2.45, 2.75) is 5.66 Å². The van der Waals surface area contributed by atoms with Crippen LogP contribution in [0.25, 0.3) is 0 Å². The average molecular weight is 274 g/mol. The van der Waals surface area contributed by atoms with Gasteiger partial charge in [-0.1, -0.05) is 0 Å². The first-order chi connectivity index (χ1) is 8.51. The van der Waals surface area contributed by atoms with Crippen LogP contribution in [0.3, 0.4) is 0 Å². The monoisotopic (exact) mass is 274 g/mol. The van der Waals surface area contributed by atoms with Crippen molar-refractivity contribution in [2.24, 2.45) is 0 Å². The molecule has 1 heterocycles. The average Bonchev–Trinajstić information content (AvgIpc) is 2.39. The van der Waals surface area contributed by atoms with Gasteiger partial charge in [-0.25, -0.2) is 4.39 Å². The van der Waals surface area contributed by atoms with Crippen LogP contribution in [0.1, 0.15) is 10.4 Å². The van der Waals surface area contributed by atoms with Crippen LogP contribution in [0, 0.1) is 5.82 Å². The van der Waals surface area contributed by atoms with E-state index in [0.29, 0.717) is 0 Å². The highest BCUT2D eigenvalue weighted by atomic mass is 31.2. The van der Waals surface area contributed by atoms with Crippen LogP contribution in [0.15, 0.2) is 18.2 Å². The Bertz CT molecular complexity index is 522. The minimum Gasteiger partial charge on any atom is -0.491 e. The molecule has 5 nitrogen and oxygen atoms in total. The highest BCUT2D eigenvalue weighted by Crippen LogP contribution is 2.54. The van der Waals surface area contributed by atoms with E-state index in [-0.39, 0.29) is 17.9 Å². The Hall–Kier alpha value is -1.23. The van der Waals surface area contributed by atoms with Gasteiger partial charge in [-0.15, -0.1) is 0 Å². The molecule has 0 saturated carbocycles. The third kappa shape index (κ3) is 2.07. The lowest BCUT2D eigenvalue weighted by Gasteiger charge is -2.27. The van der Waals surface area contributed by atoms with E-state index in [2.05, 4.69) is 0 Å². The van der Waals surface area contributed by atoms with Crippen molar-refractivity contribution < 1.29 is 27.5 Å². The molecule has 0 amide bonds. The van der Waals surface area contributed by atoms with Gasteiger partial charge in [0, 0.05) is 14.2 Å². The molecule has 0 saturated heterocycles. The Morgan fingerprint density at radius 3 is 2.67 bits per heavy atom. The smallest absolute Gasteiger partial charge is 0.344 e. The Morgan fingerprint density at radius 1 is 1.39 bits per heavy atom. The zero-order chi connectivity index (χ0) is 13.3. The van der Waals surface area contributed by atoms with Crippen molar-refractivity contribution in [2.75, 3.05) is 20.8 Å². The fourth-order valence-electron chi connectivity index (χ4n) is 1.81. The van der Waals surface area contributed by atoms with Crippen molar-refractivity contribution in [1.29, 1.82) is 0 Å². The second-order valence-electron chi connectivity index (χ2n) is 3.74. The first-order valence-electron chi connectivity index (χ1n) is 5.19. The summed E-state index contributed by atoms with van der Waals surface area (Å²) in [6.45, 7) is -0.115. The largest absolute Gasteiger partial charge is 0.491 e. The second-order valence-corrected chi connectivity index (χ2v) is 6.17. The van der Waals surface area contributed by atoms with Crippen LogP contribution < -0.4 is 4.74 Å². The van der Waals surface area contributed by atoms with Crippen molar-refractivity contribution in [3.05, 3.63) is 29.6 Å². The fraction of sp³-hybridized carbons (Fsp3) is 0.364. The molecule has 0 aromatic heterocycles. The van der Waals surface area contributed by atoms with Gasteiger partial charge < -0.3 is 13.8 Å². The van der Waals surface area contributed by atoms with E-state index in [9.17, 15) is 13.8 Å². The van der Waals surface area contributed by atoms with Gasteiger partial charge in [0.05, 0.1) is 5.56 Å². The number of hydrogen-bond donors (Lipinski definition) is 0. The number of benzene rings is 1. The number of carbonyl (C=O) groups excluding carboxylic acids is 1. The molecule has 0 fully saturated rings. The first kappa shape index (κ1) is 13.2. The summed E-state index contributed by atoms with van der Waals surface area (Å²) in [7, 11) is -1.19. The molecular weight excluding hydrogens is 262 g/mol. The standard InChI is InChI=1S/C11H12FO5P/c1-15-18(14,16-2)10-6-17-9-4-3-7(12)5-8(9)11(10)13/h3-5,10H,6H2,1-2H3. The van der Waals surface area contributed by atoms with Gasteiger partial charge in [-0.3, -0.25) is 9.36 Å². The normalized spacial score (nSPS) is 19.3. The lowest BCUT2D eigenvalue weighted by atomic mass is 10.0. The molecule has 1 aliphatic rings. The van der Waals surface area contributed by atoms with Gasteiger partial charge in [-0.2, -0.15) is 0 Å². The van der Waals surface area contributed by atoms with Crippen LogP contribution in [-0.4, -0.2) is 32.3 Å². The summed E-state index contributed by atoms with van der Waals surface area (Å²) >= 11 is 0. The molecule has 1 aromatic rings. The lowest BCUT2D eigenvalue weighted by Crippen LogP contribution is -2.33. The minimum atomic E-state index is -3.58. The summed E-state index contributed by atoms with van der Waals surface area (Å²) in [6, 6.07) is 3.61. The molecule has 0 spiro atoms. The second kappa shape index (κ2) is 4.80. The van der Waals surface area contributed by atoms with E-state index in [1.807, 2.05) is 0 Å². The maximum absolute atomic E-state index is 13.1. The zero-order valence-electron chi connectivity index (χ0n) is 9.88. The predicted octanol–water partition coefficient (Wildman–Crippen LogP) is 2.26. The molecular formula is C11H12FO5P. The number of rotatable bonds is 3. The molecule has 1 aromatic carbocycles. The number of carbonyl (C=O) groups is 1. The van der Waals surface area contributed by atoms with Gasteiger partial charge in [0.15, 0.2) is 11.4 Å². The minimum absolute atomic E-state index is 0.0561. The van der Waals surface area contributed by atoms with Crippen molar-refractivity contribution in [3.8, 4) is 5.75 Å². The molecule has 0 radical (unpaired) electrons. The van der Waals surface area contributed by atoms with Crippen LogP contribution in [0.4, 0.5) is 4.39 Å². The Morgan fingerprint density at radius 2 is 2.06 bits per heavy atom. The molecule has 1 atom stereocenters. The van der Waals surface area contributed by atoms with Gasteiger partial charge in [0.2, 0.25) is 0 Å². The molecule has 1 unspecified atom stereocenters. The van der Waals surface area contributed by atoms with Crippen molar-refractivity contribution in [1.82, 2.24) is 0 Å². The van der Waals surface area contributed by atoms with E-state index >= 15 is 0 Å². The third-order valence-corrected chi connectivity index (χ3v) is 4.96. The number of ether oxygens (including phenoxy) is 1. The number of halogens is 1. The zero-order valence-corrected chi connectivity index (χ0v) is 10.8. The van der Waals surface area contributed by atoms with Crippen LogP contribution in [0.2, 0.25) is 0 Å². The van der Waals surface area contributed by atoms with Crippen LogP contribution in [0.5, 0.6) is 5.75 Å². The molecule has 98 valence electrons. The van der Waals surface area contributed by atoms with Crippen LogP contribution >= 0.6 is 7.60 Å². The number of fused-ring (bicyclic) bond motifs is 1. The van der Waals surface area contributed by atoms with Crippen molar-refractivity contribution in [3.63, 3.8) is 0 Å². The summed E-state index contributed by atoms with van der Waals surface area (Å²) in [5, 5.41) is 0. The molecule has 0 N–H and O–H groups in total. The highest BCUT2D eigenvalue weighted by molar-refractivity contribution is 7.55. The maximum Gasteiger partial charge on any atom is 0.344 e. The van der Waals surface area contributed by atoms with E-state index in [1.54, 1.807) is 0 Å². The van der Waals surface area contributed by atoms with E-state index in [0.717, 1.165) is 6.07 Å². The number of ketones is 1. The summed E-state index contributed by atoms with van der Waals surface area (Å²) in [5.41, 5.74) is -1.01. The first-order valence-corrected chi connectivity index (χ1v) is 6.81. The summed E-state index contributed by atoms with van der Waals surface area (Å²) in [6.07, 6.45) is 0. The molecule has 0 aliphatic carbocycles. The van der Waals surface area contributed by atoms with E-state index < -0.39 is 24.9 Å². The fourth-order valence-corrected chi connectivity index (χ4v) is 3.15. The number of Topliss-reactive ketones (excluding diaryl/α,β-unsaturated/α-hetero) is 1. The Labute approximate surface area is 103 Å². The van der Waals surface area contributed by atoms with Gasteiger partial charge in [0.25, 0.3) is 0 Å². The quantitative estimate of drug-likeness (QED) is 0.791. The van der Waals surface area contributed by atoms with Gasteiger partial charge in [0.1, 0.15) is 18.2 Å². The maximum atomic E-state index is 13.1. The predicted molar refractivity (Wildman–Crippen MR) is 61.6 cm³/mol. The molecule has 18 heavy (non-hydrogen) atoms. The van der Waals surface area contributed by atoms with Crippen LogP contribution in [-0.2, 0) is 13.6 Å². The van der Waals surface area contributed by atoms with Gasteiger partial charge in [-0.05, 0) is 18.2 Å². The van der Waals surface area contributed by atoms with Gasteiger partial charge >= 0.3 is 7.60 Å². The summed E-state index contributed by atoms with van der Waals surface area (Å²) in [4.78, 5) is 12.2. The van der Waals surface area contributed by atoms with E-state index in [4.69, 9.17) is 13.8 Å². The van der Waals surface area contributed by atoms with Crippen molar-refractivity contribution >= 4 is 13.4 Å². The SMILES string of the molecule is COP(=O)(OC)C1COc2ccc(F)cc2C1=O. The summed E-state index contributed by atoms with van der Waals surface area (Å²) < 4.78 is 40.1.